The highest BCUT2D eigenvalue weighted by atomic mass is 28.3. The molecule has 0 atom stereocenters. The molecular formula is C23H28F2N4O3Si. The predicted octanol–water partition coefficient (Wildman–Crippen LogP) is 4.95. The van der Waals surface area contributed by atoms with Crippen molar-refractivity contribution in [3.63, 3.8) is 0 Å². The first-order chi connectivity index (χ1) is 15.6. The summed E-state index contributed by atoms with van der Waals surface area (Å²) >= 11 is 0. The fourth-order valence-electron chi connectivity index (χ4n) is 3.97. The van der Waals surface area contributed by atoms with E-state index in [9.17, 15) is 18.7 Å². The maximum absolute atomic E-state index is 13.8. The quantitative estimate of drug-likeness (QED) is 0.367. The van der Waals surface area contributed by atoms with Gasteiger partial charge >= 0.3 is 5.97 Å². The van der Waals surface area contributed by atoms with E-state index in [0.29, 0.717) is 17.9 Å². The molecule has 1 N–H and O–H groups in total. The maximum Gasteiger partial charge on any atom is 0.340 e. The molecular weight excluding hydrogens is 446 g/mol. The number of carbonyl (C=O) groups is 1. The molecule has 0 radical (unpaired) electrons. The fourth-order valence-corrected chi connectivity index (χ4v) is 4.73. The molecule has 0 saturated carbocycles. The fraction of sp³-hybridized carbons (Fsp3) is 0.435. The zero-order valence-corrected chi connectivity index (χ0v) is 20.0. The SMILES string of the molecule is C[Si](C)(C)CCOCn1nc(-c2ccnc(N3CCC(F)(F)C3)c2C(=O)O)c2ccccc21. The van der Waals surface area contributed by atoms with Crippen molar-refractivity contribution in [1.29, 1.82) is 0 Å². The van der Waals surface area contributed by atoms with Crippen molar-refractivity contribution in [2.24, 2.45) is 0 Å². The van der Waals surface area contributed by atoms with Gasteiger partial charge in [-0.3, -0.25) is 0 Å². The molecule has 0 aliphatic carbocycles. The Bertz CT molecular complexity index is 1180. The Morgan fingerprint density at radius 1 is 1.24 bits per heavy atom. The lowest BCUT2D eigenvalue weighted by Gasteiger charge is -2.20. The predicted molar refractivity (Wildman–Crippen MR) is 126 cm³/mol. The van der Waals surface area contributed by atoms with E-state index >= 15 is 0 Å². The Morgan fingerprint density at radius 3 is 2.67 bits per heavy atom. The molecule has 0 spiro atoms. The largest absolute Gasteiger partial charge is 0.478 e. The van der Waals surface area contributed by atoms with Crippen LogP contribution in [0.25, 0.3) is 22.2 Å². The van der Waals surface area contributed by atoms with Gasteiger partial charge in [0.15, 0.2) is 0 Å². The van der Waals surface area contributed by atoms with Crippen LogP contribution in [0.5, 0.6) is 0 Å². The van der Waals surface area contributed by atoms with Crippen LogP contribution >= 0.6 is 0 Å². The monoisotopic (exact) mass is 474 g/mol. The van der Waals surface area contributed by atoms with Gasteiger partial charge in [0, 0.05) is 44.8 Å². The first-order valence-corrected chi connectivity index (χ1v) is 14.7. The summed E-state index contributed by atoms with van der Waals surface area (Å²) in [5.41, 5.74) is 1.50. The van der Waals surface area contributed by atoms with Gasteiger partial charge < -0.3 is 14.7 Å². The van der Waals surface area contributed by atoms with Gasteiger partial charge in [0.05, 0.1) is 12.1 Å². The Morgan fingerprint density at radius 2 is 2.00 bits per heavy atom. The van der Waals surface area contributed by atoms with E-state index in [0.717, 1.165) is 16.9 Å². The molecule has 0 unspecified atom stereocenters. The van der Waals surface area contributed by atoms with Crippen LogP contribution in [0.1, 0.15) is 16.8 Å². The van der Waals surface area contributed by atoms with Crippen LogP contribution in [0.2, 0.25) is 25.7 Å². The zero-order valence-electron chi connectivity index (χ0n) is 19.0. The van der Waals surface area contributed by atoms with Gasteiger partial charge in [-0.25, -0.2) is 23.2 Å². The molecule has 1 aliphatic rings. The minimum atomic E-state index is -2.87. The van der Waals surface area contributed by atoms with Crippen LogP contribution in [-0.4, -0.2) is 59.5 Å². The van der Waals surface area contributed by atoms with E-state index < -0.39 is 26.5 Å². The third kappa shape index (κ3) is 5.06. The molecule has 7 nitrogen and oxygen atoms in total. The van der Waals surface area contributed by atoms with Crippen LogP contribution in [0.3, 0.4) is 0 Å². The summed E-state index contributed by atoms with van der Waals surface area (Å²) in [6.45, 7) is 7.20. The normalized spacial score (nSPS) is 16.0. The first-order valence-electron chi connectivity index (χ1n) is 10.9. The first kappa shape index (κ1) is 23.3. The molecule has 1 fully saturated rings. The van der Waals surface area contributed by atoms with E-state index in [1.807, 2.05) is 24.3 Å². The molecule has 176 valence electrons. The van der Waals surface area contributed by atoms with Crippen molar-refractivity contribution in [3.8, 4) is 11.3 Å². The van der Waals surface area contributed by atoms with E-state index in [-0.39, 0.29) is 31.1 Å². The third-order valence-corrected chi connectivity index (χ3v) is 7.44. The van der Waals surface area contributed by atoms with Crippen molar-refractivity contribution >= 4 is 30.8 Å². The van der Waals surface area contributed by atoms with E-state index in [1.54, 1.807) is 10.7 Å². The second kappa shape index (κ2) is 8.83. The van der Waals surface area contributed by atoms with Gasteiger partial charge in [-0.2, -0.15) is 5.10 Å². The Balaban J connectivity index is 1.73. The number of hydrogen-bond donors (Lipinski definition) is 1. The second-order valence-corrected chi connectivity index (χ2v) is 15.2. The van der Waals surface area contributed by atoms with Crippen LogP contribution in [-0.2, 0) is 11.5 Å². The number of anilines is 1. The molecule has 1 saturated heterocycles. The number of alkyl halides is 2. The van der Waals surface area contributed by atoms with Gasteiger partial charge in [-0.1, -0.05) is 37.8 Å². The van der Waals surface area contributed by atoms with Crippen molar-refractivity contribution in [1.82, 2.24) is 14.8 Å². The molecule has 2 aromatic heterocycles. The van der Waals surface area contributed by atoms with E-state index in [4.69, 9.17) is 4.74 Å². The van der Waals surface area contributed by atoms with Gasteiger partial charge in [-0.05, 0) is 18.2 Å². The number of nitrogens with zero attached hydrogens (tertiary/aromatic N) is 4. The van der Waals surface area contributed by atoms with Gasteiger partial charge in [-0.15, -0.1) is 0 Å². The van der Waals surface area contributed by atoms with Crippen LogP contribution < -0.4 is 4.90 Å². The lowest BCUT2D eigenvalue weighted by molar-refractivity contribution is 0.0256. The van der Waals surface area contributed by atoms with Crippen molar-refractivity contribution < 1.29 is 23.4 Å². The zero-order chi connectivity index (χ0) is 23.8. The highest BCUT2D eigenvalue weighted by Gasteiger charge is 2.40. The Kier molecular flexibility index (Phi) is 6.24. The van der Waals surface area contributed by atoms with E-state index in [2.05, 4.69) is 29.7 Å². The van der Waals surface area contributed by atoms with E-state index in [1.165, 1.54) is 11.1 Å². The maximum atomic E-state index is 13.8. The third-order valence-electron chi connectivity index (χ3n) is 5.74. The lowest BCUT2D eigenvalue weighted by Crippen LogP contribution is -2.27. The molecule has 4 rings (SSSR count). The smallest absolute Gasteiger partial charge is 0.340 e. The molecule has 0 bridgehead atoms. The Hall–Kier alpha value is -2.85. The second-order valence-electron chi connectivity index (χ2n) is 9.60. The number of hydrogen-bond acceptors (Lipinski definition) is 5. The molecule has 3 heterocycles. The minimum Gasteiger partial charge on any atom is -0.478 e. The summed E-state index contributed by atoms with van der Waals surface area (Å²) in [5, 5.41) is 15.5. The standard InChI is InChI=1S/C23H28F2N4O3Si/c1-33(2,3)13-12-32-15-29-18-7-5-4-6-16(18)20(27-29)17-8-10-26-21(19(17)22(30)31)28-11-9-23(24,25)14-28/h4-8,10H,9,11-15H2,1-3H3,(H,30,31). The molecule has 3 aromatic rings. The molecule has 10 heteroatoms. The summed E-state index contributed by atoms with van der Waals surface area (Å²) in [5.74, 6) is -4.05. The van der Waals surface area contributed by atoms with Crippen molar-refractivity contribution in [3.05, 3.63) is 42.1 Å². The molecule has 1 aromatic carbocycles. The number of pyridine rings is 1. The highest BCUT2D eigenvalue weighted by molar-refractivity contribution is 6.76. The van der Waals surface area contributed by atoms with Crippen molar-refractivity contribution in [2.45, 2.75) is 44.8 Å². The van der Waals surface area contributed by atoms with Crippen molar-refractivity contribution in [2.75, 3.05) is 24.6 Å². The minimum absolute atomic E-state index is 0.0437. The number of benzene rings is 1. The molecule has 33 heavy (non-hydrogen) atoms. The molecule has 0 amide bonds. The van der Waals surface area contributed by atoms with Gasteiger partial charge in [0.25, 0.3) is 5.92 Å². The average molecular weight is 475 g/mol. The number of ether oxygens (including phenoxy) is 1. The lowest BCUT2D eigenvalue weighted by atomic mass is 10.0. The number of rotatable bonds is 8. The summed E-state index contributed by atoms with van der Waals surface area (Å²) < 4.78 is 35.2. The Labute approximate surface area is 192 Å². The van der Waals surface area contributed by atoms with Gasteiger partial charge in [0.1, 0.15) is 23.8 Å². The number of carboxylic acids is 1. The summed E-state index contributed by atoms with van der Waals surface area (Å²) in [6, 6.07) is 10.1. The number of aromatic nitrogens is 3. The average Bonchev–Trinajstić information content (AvgIpc) is 3.30. The number of fused-ring (bicyclic) bond motifs is 1. The van der Waals surface area contributed by atoms with Gasteiger partial charge in [0.2, 0.25) is 0 Å². The highest BCUT2D eigenvalue weighted by Crippen LogP contribution is 2.37. The summed E-state index contributed by atoms with van der Waals surface area (Å²) in [7, 11) is -1.23. The van der Waals surface area contributed by atoms with Crippen LogP contribution in [0, 0.1) is 0 Å². The molecule has 1 aliphatic heterocycles. The number of halogens is 2. The summed E-state index contributed by atoms with van der Waals surface area (Å²) in [4.78, 5) is 17.8. The number of para-hydroxylation sites is 1. The van der Waals surface area contributed by atoms with Crippen LogP contribution in [0.15, 0.2) is 36.5 Å². The van der Waals surface area contributed by atoms with Crippen LogP contribution in [0.4, 0.5) is 14.6 Å². The number of carboxylic acid groups (broad SMARTS) is 1. The summed E-state index contributed by atoms with van der Waals surface area (Å²) in [6.07, 6.45) is 1.12. The number of aromatic carboxylic acids is 1. The topological polar surface area (TPSA) is 80.5 Å².